The molecule has 16 heavy (non-hydrogen) atoms. The summed E-state index contributed by atoms with van der Waals surface area (Å²) in [5.41, 5.74) is 2.90. The zero-order valence-corrected chi connectivity index (χ0v) is 11.5. The Kier molecular flexibility index (Phi) is 4.61. The summed E-state index contributed by atoms with van der Waals surface area (Å²) in [4.78, 5) is 0. The minimum Gasteiger partial charge on any atom is -0.152 e. The average molecular weight is 295 g/mol. The second-order valence-corrected chi connectivity index (χ2v) is 5.36. The molecule has 0 fully saturated rings. The standard InChI is InChI=1S/C14H15BrS/c15-10-14(13-4-2-1-3-5-13)7-6-12-8-9-16-11-12/h1-5,8-9,11,14H,6-7,10H2. The number of rotatable bonds is 5. The zero-order valence-electron chi connectivity index (χ0n) is 9.10. The number of thiophene rings is 1. The second kappa shape index (κ2) is 6.21. The van der Waals surface area contributed by atoms with Crippen molar-refractivity contribution in [2.45, 2.75) is 18.8 Å². The van der Waals surface area contributed by atoms with Gasteiger partial charge in [-0.05, 0) is 46.7 Å². The number of benzene rings is 1. The van der Waals surface area contributed by atoms with Crippen molar-refractivity contribution in [3.8, 4) is 0 Å². The molecule has 0 aliphatic heterocycles. The van der Waals surface area contributed by atoms with Gasteiger partial charge in [0, 0.05) is 5.33 Å². The number of halogens is 1. The molecular weight excluding hydrogens is 280 g/mol. The minimum absolute atomic E-state index is 0.626. The van der Waals surface area contributed by atoms with Crippen LogP contribution in [-0.4, -0.2) is 5.33 Å². The van der Waals surface area contributed by atoms with Crippen molar-refractivity contribution in [1.29, 1.82) is 0 Å². The predicted octanol–water partition coefficient (Wildman–Crippen LogP) is 4.86. The maximum absolute atomic E-state index is 3.62. The van der Waals surface area contributed by atoms with E-state index < -0.39 is 0 Å². The summed E-state index contributed by atoms with van der Waals surface area (Å²) in [5, 5.41) is 5.44. The molecule has 2 aromatic rings. The van der Waals surface area contributed by atoms with Gasteiger partial charge in [0.1, 0.15) is 0 Å². The van der Waals surface area contributed by atoms with Crippen LogP contribution in [0.2, 0.25) is 0 Å². The van der Waals surface area contributed by atoms with Gasteiger partial charge < -0.3 is 0 Å². The normalized spacial score (nSPS) is 12.6. The number of hydrogen-bond acceptors (Lipinski definition) is 1. The van der Waals surface area contributed by atoms with E-state index in [0.29, 0.717) is 5.92 Å². The summed E-state index contributed by atoms with van der Waals surface area (Å²) in [6.45, 7) is 0. The molecule has 0 aliphatic carbocycles. The monoisotopic (exact) mass is 294 g/mol. The van der Waals surface area contributed by atoms with Gasteiger partial charge in [-0.15, -0.1) is 0 Å². The van der Waals surface area contributed by atoms with Crippen LogP contribution in [0.4, 0.5) is 0 Å². The van der Waals surface area contributed by atoms with Crippen molar-refractivity contribution in [3.05, 3.63) is 58.3 Å². The smallest absolute Gasteiger partial charge is 0.0100 e. The van der Waals surface area contributed by atoms with E-state index in [4.69, 9.17) is 0 Å². The minimum atomic E-state index is 0.626. The third-order valence-corrected chi connectivity index (χ3v) is 4.33. The van der Waals surface area contributed by atoms with Crippen LogP contribution in [0.1, 0.15) is 23.5 Å². The first-order valence-corrected chi connectivity index (χ1v) is 7.58. The Morgan fingerprint density at radius 3 is 2.56 bits per heavy atom. The molecule has 1 aromatic carbocycles. The van der Waals surface area contributed by atoms with E-state index in [1.165, 1.54) is 24.0 Å². The van der Waals surface area contributed by atoms with Crippen LogP contribution in [0.5, 0.6) is 0 Å². The van der Waals surface area contributed by atoms with Gasteiger partial charge in [0.25, 0.3) is 0 Å². The first kappa shape index (κ1) is 11.9. The Bertz CT molecular complexity index is 394. The van der Waals surface area contributed by atoms with Gasteiger partial charge in [-0.1, -0.05) is 46.3 Å². The highest BCUT2D eigenvalue weighted by molar-refractivity contribution is 9.09. The first-order chi connectivity index (χ1) is 7.90. The van der Waals surface area contributed by atoms with Crippen LogP contribution >= 0.6 is 27.3 Å². The van der Waals surface area contributed by atoms with Crippen molar-refractivity contribution in [2.24, 2.45) is 0 Å². The molecule has 0 N–H and O–H groups in total. The Hall–Kier alpha value is -0.600. The highest BCUT2D eigenvalue weighted by Gasteiger charge is 2.09. The van der Waals surface area contributed by atoms with E-state index in [0.717, 1.165) is 5.33 Å². The van der Waals surface area contributed by atoms with Gasteiger partial charge in [0.2, 0.25) is 0 Å². The fourth-order valence-corrected chi connectivity index (χ4v) is 3.23. The summed E-state index contributed by atoms with van der Waals surface area (Å²) < 4.78 is 0. The molecule has 2 heteroatoms. The molecule has 0 aliphatic rings. The van der Waals surface area contributed by atoms with Gasteiger partial charge in [-0.2, -0.15) is 11.3 Å². The van der Waals surface area contributed by atoms with Gasteiger partial charge in [-0.25, -0.2) is 0 Å². The van der Waals surface area contributed by atoms with Crippen molar-refractivity contribution < 1.29 is 0 Å². The Morgan fingerprint density at radius 1 is 1.12 bits per heavy atom. The molecule has 0 saturated heterocycles. The third kappa shape index (κ3) is 3.19. The predicted molar refractivity (Wildman–Crippen MR) is 75.6 cm³/mol. The van der Waals surface area contributed by atoms with E-state index in [1.807, 2.05) is 0 Å². The highest BCUT2D eigenvalue weighted by Crippen LogP contribution is 2.24. The Labute approximate surface area is 109 Å². The molecule has 1 aromatic heterocycles. The van der Waals surface area contributed by atoms with Gasteiger partial charge in [0.05, 0.1) is 0 Å². The molecule has 1 heterocycles. The van der Waals surface area contributed by atoms with Gasteiger partial charge in [0.15, 0.2) is 0 Å². The molecule has 84 valence electrons. The lowest BCUT2D eigenvalue weighted by Gasteiger charge is -2.13. The molecule has 1 unspecified atom stereocenters. The summed E-state index contributed by atoms with van der Waals surface area (Å²) in [6, 6.07) is 13.0. The number of hydrogen-bond donors (Lipinski definition) is 0. The second-order valence-electron chi connectivity index (χ2n) is 3.93. The summed E-state index contributed by atoms with van der Waals surface area (Å²) in [7, 11) is 0. The van der Waals surface area contributed by atoms with E-state index in [-0.39, 0.29) is 0 Å². The number of aryl methyl sites for hydroxylation is 1. The lowest BCUT2D eigenvalue weighted by atomic mass is 9.95. The fourth-order valence-electron chi connectivity index (χ4n) is 1.83. The van der Waals surface area contributed by atoms with Crippen LogP contribution in [0, 0.1) is 0 Å². The number of alkyl halides is 1. The summed E-state index contributed by atoms with van der Waals surface area (Å²) >= 11 is 5.40. The zero-order chi connectivity index (χ0) is 11.2. The van der Waals surface area contributed by atoms with Crippen LogP contribution in [0.25, 0.3) is 0 Å². The molecule has 0 spiro atoms. The molecule has 1 atom stereocenters. The van der Waals surface area contributed by atoms with Crippen LogP contribution in [0.15, 0.2) is 47.2 Å². The maximum Gasteiger partial charge on any atom is 0.0100 e. The lowest BCUT2D eigenvalue weighted by molar-refractivity contribution is 0.693. The average Bonchev–Trinajstić information content (AvgIpc) is 2.84. The van der Waals surface area contributed by atoms with Crippen molar-refractivity contribution in [1.82, 2.24) is 0 Å². The van der Waals surface area contributed by atoms with Crippen molar-refractivity contribution in [3.63, 3.8) is 0 Å². The molecule has 2 rings (SSSR count). The lowest BCUT2D eigenvalue weighted by Crippen LogP contribution is -2.01. The van der Waals surface area contributed by atoms with E-state index in [1.54, 1.807) is 11.3 Å². The molecule has 0 radical (unpaired) electrons. The molecular formula is C14H15BrS. The molecule has 0 nitrogen and oxygen atoms in total. The largest absolute Gasteiger partial charge is 0.152 e. The van der Waals surface area contributed by atoms with Crippen LogP contribution < -0.4 is 0 Å². The topological polar surface area (TPSA) is 0 Å². The molecule has 0 amide bonds. The maximum atomic E-state index is 3.62. The van der Waals surface area contributed by atoms with Crippen LogP contribution in [0.3, 0.4) is 0 Å². The summed E-state index contributed by atoms with van der Waals surface area (Å²) in [6.07, 6.45) is 2.39. The first-order valence-electron chi connectivity index (χ1n) is 5.52. The highest BCUT2D eigenvalue weighted by atomic mass is 79.9. The van der Waals surface area contributed by atoms with E-state index in [2.05, 4.69) is 63.1 Å². The SMILES string of the molecule is BrCC(CCc1ccsc1)c1ccccc1. The third-order valence-electron chi connectivity index (χ3n) is 2.82. The molecule has 0 bridgehead atoms. The quantitative estimate of drug-likeness (QED) is 0.691. The fraction of sp³-hybridized carbons (Fsp3) is 0.286. The van der Waals surface area contributed by atoms with Crippen molar-refractivity contribution in [2.75, 3.05) is 5.33 Å². The van der Waals surface area contributed by atoms with E-state index >= 15 is 0 Å². The van der Waals surface area contributed by atoms with Crippen LogP contribution in [-0.2, 0) is 6.42 Å². The molecule has 0 saturated carbocycles. The Morgan fingerprint density at radius 2 is 1.94 bits per heavy atom. The summed E-state index contributed by atoms with van der Waals surface area (Å²) in [5.74, 6) is 0.626. The van der Waals surface area contributed by atoms with E-state index in [9.17, 15) is 0 Å². The van der Waals surface area contributed by atoms with Crippen molar-refractivity contribution >= 4 is 27.3 Å². The Balaban J connectivity index is 1.96. The van der Waals surface area contributed by atoms with Gasteiger partial charge >= 0.3 is 0 Å². The van der Waals surface area contributed by atoms with Gasteiger partial charge in [-0.3, -0.25) is 0 Å².